The van der Waals surface area contributed by atoms with Crippen molar-refractivity contribution >= 4 is 11.7 Å². The normalized spacial score (nSPS) is 23.1. The average Bonchev–Trinajstić information content (AvgIpc) is 3.35. The predicted octanol–water partition coefficient (Wildman–Crippen LogP) is 5.19. The molecule has 1 aliphatic heterocycles. The molecule has 5 rings (SSSR count). The van der Waals surface area contributed by atoms with Gasteiger partial charge in [0.15, 0.2) is 5.76 Å². The number of benzene rings is 2. The molecule has 33 heavy (non-hydrogen) atoms. The molecule has 3 aromatic rings. The van der Waals surface area contributed by atoms with E-state index in [2.05, 4.69) is 38.7 Å². The highest BCUT2D eigenvalue weighted by Gasteiger charge is 2.30. The van der Waals surface area contributed by atoms with Crippen LogP contribution in [0.2, 0.25) is 0 Å². The summed E-state index contributed by atoms with van der Waals surface area (Å²) in [5, 5.41) is 16.6. The van der Waals surface area contributed by atoms with Gasteiger partial charge in [-0.3, -0.25) is 0 Å². The van der Waals surface area contributed by atoms with Gasteiger partial charge < -0.3 is 20.0 Å². The first-order valence-electron chi connectivity index (χ1n) is 12.1. The topological polar surface area (TPSA) is 77.1 Å². The third-order valence-electron chi connectivity index (χ3n) is 6.87. The lowest BCUT2D eigenvalue weighted by Crippen LogP contribution is -2.54. The Labute approximate surface area is 195 Å². The summed E-state index contributed by atoms with van der Waals surface area (Å²) in [5.41, 5.74) is 2.96. The maximum atomic E-state index is 9.06. The summed E-state index contributed by atoms with van der Waals surface area (Å²) in [4.78, 5) is 6.94. The molecule has 1 saturated heterocycles. The number of oxazole rings is 1. The highest BCUT2D eigenvalue weighted by Crippen LogP contribution is 2.27. The van der Waals surface area contributed by atoms with Crippen molar-refractivity contribution in [2.45, 2.75) is 56.7 Å². The van der Waals surface area contributed by atoms with Crippen LogP contribution >= 0.6 is 0 Å². The van der Waals surface area contributed by atoms with Crippen LogP contribution in [-0.2, 0) is 0 Å². The second-order valence-corrected chi connectivity index (χ2v) is 9.15. The van der Waals surface area contributed by atoms with Crippen LogP contribution < -0.4 is 15.5 Å². The monoisotopic (exact) mass is 441 g/mol. The van der Waals surface area contributed by atoms with Gasteiger partial charge in [0, 0.05) is 42.5 Å². The van der Waals surface area contributed by atoms with Crippen LogP contribution in [0.5, 0.6) is 0 Å². The van der Waals surface area contributed by atoms with Crippen LogP contribution in [0.1, 0.15) is 44.1 Å². The molecular formula is C27H31N5O. The quantitative estimate of drug-likeness (QED) is 0.548. The Hall–Kier alpha value is -3.30. The van der Waals surface area contributed by atoms with Gasteiger partial charge in [-0.2, -0.15) is 5.26 Å². The highest BCUT2D eigenvalue weighted by molar-refractivity contribution is 5.57. The third kappa shape index (κ3) is 5.20. The van der Waals surface area contributed by atoms with Crippen LogP contribution in [-0.4, -0.2) is 36.2 Å². The molecule has 2 aliphatic rings. The Morgan fingerprint density at radius 3 is 2.52 bits per heavy atom. The van der Waals surface area contributed by atoms with Crippen LogP contribution in [0.4, 0.5) is 11.7 Å². The fourth-order valence-corrected chi connectivity index (χ4v) is 5.14. The number of nitrogens with one attached hydrogen (secondary N) is 2. The zero-order valence-electron chi connectivity index (χ0n) is 18.9. The summed E-state index contributed by atoms with van der Waals surface area (Å²) in [5.74, 6) is 0.795. The minimum absolute atomic E-state index is 0.311. The zero-order chi connectivity index (χ0) is 22.5. The van der Waals surface area contributed by atoms with Crippen molar-refractivity contribution in [2.75, 3.05) is 23.3 Å². The van der Waals surface area contributed by atoms with E-state index < -0.39 is 0 Å². The third-order valence-corrected chi connectivity index (χ3v) is 6.87. The number of nitriles is 1. The predicted molar refractivity (Wildman–Crippen MR) is 131 cm³/mol. The number of hydrogen-bond acceptors (Lipinski definition) is 6. The number of aromatic nitrogens is 1. The smallest absolute Gasteiger partial charge is 0.295 e. The molecular weight excluding hydrogens is 410 g/mol. The summed E-state index contributed by atoms with van der Waals surface area (Å²) < 4.78 is 6.02. The van der Waals surface area contributed by atoms with Crippen molar-refractivity contribution in [1.82, 2.24) is 10.3 Å². The Morgan fingerprint density at radius 2 is 1.73 bits per heavy atom. The van der Waals surface area contributed by atoms with Gasteiger partial charge in [0.2, 0.25) is 0 Å². The molecule has 0 radical (unpaired) electrons. The molecule has 170 valence electrons. The van der Waals surface area contributed by atoms with E-state index in [9.17, 15) is 0 Å². The summed E-state index contributed by atoms with van der Waals surface area (Å²) in [7, 11) is 0. The van der Waals surface area contributed by atoms with Gasteiger partial charge in [0.05, 0.1) is 17.8 Å². The van der Waals surface area contributed by atoms with Gasteiger partial charge in [0.25, 0.3) is 6.01 Å². The number of nitrogens with zero attached hydrogens (tertiary/aromatic N) is 3. The summed E-state index contributed by atoms with van der Waals surface area (Å²) >= 11 is 0. The lowest BCUT2D eigenvalue weighted by atomic mass is 9.89. The minimum atomic E-state index is 0.311. The van der Waals surface area contributed by atoms with E-state index in [0.717, 1.165) is 37.3 Å². The lowest BCUT2D eigenvalue weighted by molar-refractivity contribution is 0.290. The molecule has 3 atom stereocenters. The van der Waals surface area contributed by atoms with E-state index >= 15 is 0 Å². The fourth-order valence-electron chi connectivity index (χ4n) is 5.14. The molecule has 2 fully saturated rings. The van der Waals surface area contributed by atoms with E-state index in [4.69, 9.17) is 9.68 Å². The average molecular weight is 442 g/mol. The summed E-state index contributed by atoms with van der Waals surface area (Å²) in [6.07, 6.45) is 8.92. The number of piperidine rings is 1. The first-order valence-corrected chi connectivity index (χ1v) is 12.1. The standard InChI is InChI=1S/C27H31N5O/c28-17-20-12-14-23(15-13-20)32-16-6-9-22(19-32)30-24-10-4-5-11-25(24)31-27-29-18-26(33-27)21-7-2-1-3-8-21/h1-3,7-8,12-15,18,22,24-25,30H,4-6,9-11,16,19H2,(H,29,31). The molecule has 2 N–H and O–H groups in total. The summed E-state index contributed by atoms with van der Waals surface area (Å²) in [6, 6.07) is 22.0. The second kappa shape index (κ2) is 10.1. The first kappa shape index (κ1) is 21.5. The molecule has 0 amide bonds. The molecule has 0 bridgehead atoms. The minimum Gasteiger partial charge on any atom is -0.424 e. The Morgan fingerprint density at radius 1 is 0.939 bits per heavy atom. The van der Waals surface area contributed by atoms with Crippen molar-refractivity contribution in [1.29, 1.82) is 5.26 Å². The Balaban J connectivity index is 1.22. The van der Waals surface area contributed by atoms with E-state index in [1.807, 2.05) is 42.5 Å². The number of anilines is 2. The van der Waals surface area contributed by atoms with Crippen LogP contribution in [0.15, 0.2) is 65.2 Å². The fraction of sp³-hybridized carbons (Fsp3) is 0.407. The molecule has 6 heteroatoms. The molecule has 3 unspecified atom stereocenters. The van der Waals surface area contributed by atoms with Crippen molar-refractivity contribution in [2.24, 2.45) is 0 Å². The Kier molecular flexibility index (Phi) is 6.59. The highest BCUT2D eigenvalue weighted by atomic mass is 16.4. The number of hydrogen-bond donors (Lipinski definition) is 2. The molecule has 1 saturated carbocycles. The van der Waals surface area contributed by atoms with Crippen molar-refractivity contribution < 1.29 is 4.42 Å². The van der Waals surface area contributed by atoms with Gasteiger partial charge >= 0.3 is 0 Å². The van der Waals surface area contributed by atoms with Gasteiger partial charge in [-0.15, -0.1) is 0 Å². The van der Waals surface area contributed by atoms with Crippen molar-refractivity contribution in [3.63, 3.8) is 0 Å². The van der Waals surface area contributed by atoms with Gasteiger partial charge in [-0.25, -0.2) is 4.98 Å². The molecule has 1 aromatic heterocycles. The van der Waals surface area contributed by atoms with E-state index in [0.29, 0.717) is 29.7 Å². The maximum Gasteiger partial charge on any atom is 0.295 e. The van der Waals surface area contributed by atoms with E-state index in [-0.39, 0.29) is 0 Å². The van der Waals surface area contributed by atoms with Crippen LogP contribution in [0, 0.1) is 11.3 Å². The summed E-state index contributed by atoms with van der Waals surface area (Å²) in [6.45, 7) is 2.06. The zero-order valence-corrected chi connectivity index (χ0v) is 18.9. The van der Waals surface area contributed by atoms with Gasteiger partial charge in [-0.1, -0.05) is 43.2 Å². The molecule has 2 heterocycles. The van der Waals surface area contributed by atoms with Crippen LogP contribution in [0.25, 0.3) is 11.3 Å². The molecule has 6 nitrogen and oxygen atoms in total. The molecule has 2 aromatic carbocycles. The molecule has 1 aliphatic carbocycles. The first-order chi connectivity index (χ1) is 16.3. The van der Waals surface area contributed by atoms with E-state index in [1.54, 1.807) is 6.20 Å². The lowest BCUT2D eigenvalue weighted by Gasteiger charge is -2.40. The van der Waals surface area contributed by atoms with Gasteiger partial charge in [0.1, 0.15) is 0 Å². The van der Waals surface area contributed by atoms with Gasteiger partial charge in [-0.05, 0) is 49.9 Å². The second-order valence-electron chi connectivity index (χ2n) is 9.15. The Bertz CT molecular complexity index is 1070. The van der Waals surface area contributed by atoms with Crippen molar-refractivity contribution in [3.8, 4) is 17.4 Å². The molecule has 0 spiro atoms. The maximum absolute atomic E-state index is 9.06. The van der Waals surface area contributed by atoms with Crippen LogP contribution in [0.3, 0.4) is 0 Å². The van der Waals surface area contributed by atoms with E-state index in [1.165, 1.54) is 31.4 Å². The SMILES string of the molecule is N#Cc1ccc(N2CCCC(NC3CCCCC3Nc3ncc(-c4ccccc4)o3)C2)cc1. The largest absolute Gasteiger partial charge is 0.424 e. The van der Waals surface area contributed by atoms with Crippen molar-refractivity contribution in [3.05, 3.63) is 66.4 Å². The number of rotatable bonds is 6.